The summed E-state index contributed by atoms with van der Waals surface area (Å²) in [5.74, 6) is 0. The number of fused-ring (bicyclic) bond motifs is 1. The second kappa shape index (κ2) is 6.91. The molecule has 2 rings (SSSR count). The molecule has 0 bridgehead atoms. The first-order valence-corrected chi connectivity index (χ1v) is 6.49. The summed E-state index contributed by atoms with van der Waals surface area (Å²) in [7, 11) is 2.24. The third kappa shape index (κ3) is 3.40. The first-order chi connectivity index (χ1) is 6.70. The minimum Gasteiger partial charge on any atom is -0.147 e. The summed E-state index contributed by atoms with van der Waals surface area (Å²) in [5, 5.41) is 0. The van der Waals surface area contributed by atoms with Crippen LogP contribution in [-0.4, -0.2) is 34.8 Å². The van der Waals surface area contributed by atoms with E-state index in [1.807, 2.05) is 0 Å². The molecule has 1 heterocycles. The Labute approximate surface area is 119 Å². The first kappa shape index (κ1) is 16.3. The van der Waals surface area contributed by atoms with Crippen molar-refractivity contribution in [3.8, 4) is 0 Å². The second-order valence-electron chi connectivity index (χ2n) is 4.21. The predicted octanol–water partition coefficient (Wildman–Crippen LogP) is 1.56. The molecule has 0 spiro atoms. The zero-order chi connectivity index (χ0) is 10.1. The Balaban J connectivity index is 0.00000112. The fourth-order valence-corrected chi connectivity index (χ4v) is 2.88. The standard InChI is InChI=1S/C12H18AsN.2ClH/c1-3-12-7-9-4-5-11(13)6-10(9)8-14(12)2;;/h4-6,12H,3,7-8,13H2,1-2H3;2*1H. The van der Waals surface area contributed by atoms with Crippen molar-refractivity contribution in [2.45, 2.75) is 32.4 Å². The molecule has 0 fully saturated rings. The zero-order valence-corrected chi connectivity index (χ0v) is 13.8. The largest absolute Gasteiger partial charge is 0.147 e. The van der Waals surface area contributed by atoms with Crippen molar-refractivity contribution >= 4 is 46.0 Å². The van der Waals surface area contributed by atoms with Crippen LogP contribution in [0.1, 0.15) is 24.5 Å². The van der Waals surface area contributed by atoms with E-state index in [2.05, 4.69) is 37.1 Å². The minimum absolute atomic E-state index is 0. The molecule has 16 heavy (non-hydrogen) atoms. The van der Waals surface area contributed by atoms with Crippen LogP contribution in [0.2, 0.25) is 0 Å². The van der Waals surface area contributed by atoms with Gasteiger partial charge in [0.05, 0.1) is 0 Å². The van der Waals surface area contributed by atoms with Gasteiger partial charge in [-0.2, -0.15) is 0 Å². The Morgan fingerprint density at radius 3 is 2.62 bits per heavy atom. The van der Waals surface area contributed by atoms with Gasteiger partial charge in [-0.3, -0.25) is 0 Å². The smallest absolute Gasteiger partial charge is 0.147 e. The van der Waals surface area contributed by atoms with Crippen LogP contribution in [0.15, 0.2) is 18.2 Å². The fraction of sp³-hybridized carbons (Fsp3) is 0.500. The molecule has 0 saturated heterocycles. The molecular weight excluding hydrogens is 304 g/mol. The van der Waals surface area contributed by atoms with Crippen molar-refractivity contribution in [3.63, 3.8) is 0 Å². The molecule has 0 aromatic heterocycles. The Morgan fingerprint density at radius 1 is 1.31 bits per heavy atom. The molecule has 2 atom stereocenters. The minimum atomic E-state index is 0. The first-order valence-electron chi connectivity index (χ1n) is 5.28. The molecule has 1 aromatic carbocycles. The molecule has 1 aliphatic heterocycles. The molecule has 4 heteroatoms. The summed E-state index contributed by atoms with van der Waals surface area (Å²) in [5.41, 5.74) is 3.11. The molecule has 0 N–H and O–H groups in total. The molecule has 1 nitrogen and oxygen atoms in total. The summed E-state index contributed by atoms with van der Waals surface area (Å²) in [6.45, 7) is 3.41. The van der Waals surface area contributed by atoms with Crippen molar-refractivity contribution < 1.29 is 0 Å². The molecule has 1 aromatic rings. The molecule has 0 radical (unpaired) electrons. The maximum absolute atomic E-state index is 2.48. The SMILES string of the molecule is CCC1Cc2ccc([AsH2])cc2CN1C.Cl.Cl. The van der Waals surface area contributed by atoms with E-state index in [4.69, 9.17) is 0 Å². The Bertz CT molecular complexity index is 344. The molecule has 92 valence electrons. The quantitative estimate of drug-likeness (QED) is 0.709. The van der Waals surface area contributed by atoms with Gasteiger partial charge in [-0.05, 0) is 0 Å². The number of rotatable bonds is 1. The Morgan fingerprint density at radius 2 is 2.00 bits per heavy atom. The van der Waals surface area contributed by atoms with Crippen LogP contribution < -0.4 is 4.35 Å². The van der Waals surface area contributed by atoms with Crippen molar-refractivity contribution in [2.24, 2.45) is 0 Å². The summed E-state index contributed by atoms with van der Waals surface area (Å²) < 4.78 is 1.44. The summed E-state index contributed by atoms with van der Waals surface area (Å²) >= 11 is 1.72. The Kier molecular flexibility index (Phi) is 7.05. The number of likely N-dealkylation sites (N-methyl/N-ethyl adjacent to an activating group) is 1. The number of benzene rings is 1. The van der Waals surface area contributed by atoms with E-state index in [9.17, 15) is 0 Å². The van der Waals surface area contributed by atoms with Crippen LogP contribution in [-0.2, 0) is 13.0 Å². The Hall–Kier alpha value is 0.318. The van der Waals surface area contributed by atoms with Crippen LogP contribution in [0.25, 0.3) is 0 Å². The van der Waals surface area contributed by atoms with Gasteiger partial charge in [0.15, 0.2) is 0 Å². The van der Waals surface area contributed by atoms with Crippen LogP contribution in [0, 0.1) is 0 Å². The molecule has 1 aliphatic rings. The molecule has 0 aliphatic carbocycles. The zero-order valence-electron chi connectivity index (χ0n) is 9.77. The van der Waals surface area contributed by atoms with Gasteiger partial charge in [0.1, 0.15) is 0 Å². The maximum atomic E-state index is 2.48. The van der Waals surface area contributed by atoms with Crippen LogP contribution >= 0.6 is 24.8 Å². The van der Waals surface area contributed by atoms with Gasteiger partial charge in [-0.25, -0.2) is 0 Å². The normalized spacial score (nSPS) is 19.3. The average molecular weight is 324 g/mol. The molecule has 0 amide bonds. The molecule has 2 unspecified atom stereocenters. The van der Waals surface area contributed by atoms with Crippen LogP contribution in [0.5, 0.6) is 0 Å². The average Bonchev–Trinajstić information content (AvgIpc) is 2.16. The predicted molar refractivity (Wildman–Crippen MR) is 78.4 cm³/mol. The van der Waals surface area contributed by atoms with Crippen molar-refractivity contribution in [3.05, 3.63) is 29.3 Å². The van der Waals surface area contributed by atoms with Crippen molar-refractivity contribution in [2.75, 3.05) is 7.05 Å². The maximum Gasteiger partial charge on any atom is -0.147 e. The van der Waals surface area contributed by atoms with Gasteiger partial charge in [0.2, 0.25) is 0 Å². The van der Waals surface area contributed by atoms with E-state index < -0.39 is 0 Å². The van der Waals surface area contributed by atoms with Crippen LogP contribution in [0.3, 0.4) is 0 Å². The number of hydrogen-bond acceptors (Lipinski definition) is 1. The van der Waals surface area contributed by atoms with E-state index in [-0.39, 0.29) is 24.8 Å². The van der Waals surface area contributed by atoms with E-state index >= 15 is 0 Å². The van der Waals surface area contributed by atoms with E-state index in [0.717, 1.165) is 12.6 Å². The van der Waals surface area contributed by atoms with E-state index in [0.29, 0.717) is 0 Å². The van der Waals surface area contributed by atoms with E-state index in [1.165, 1.54) is 17.2 Å². The topological polar surface area (TPSA) is 3.24 Å². The van der Waals surface area contributed by atoms with E-state index in [1.54, 1.807) is 28.0 Å². The summed E-state index contributed by atoms with van der Waals surface area (Å²) in [6.07, 6.45) is 2.49. The van der Waals surface area contributed by atoms with Gasteiger partial charge in [-0.1, -0.05) is 0 Å². The van der Waals surface area contributed by atoms with Crippen molar-refractivity contribution in [1.29, 1.82) is 0 Å². The van der Waals surface area contributed by atoms with Gasteiger partial charge in [0.25, 0.3) is 0 Å². The summed E-state index contributed by atoms with van der Waals surface area (Å²) in [6, 6.07) is 7.69. The summed E-state index contributed by atoms with van der Waals surface area (Å²) in [4.78, 5) is 2.48. The van der Waals surface area contributed by atoms with Gasteiger partial charge >= 0.3 is 94.8 Å². The van der Waals surface area contributed by atoms with Crippen LogP contribution in [0.4, 0.5) is 0 Å². The third-order valence-corrected chi connectivity index (χ3v) is 3.95. The number of nitrogens with zero attached hydrogens (tertiary/aromatic N) is 1. The number of hydrogen-bond donors (Lipinski definition) is 0. The van der Waals surface area contributed by atoms with Gasteiger partial charge < -0.3 is 0 Å². The molecule has 0 saturated carbocycles. The molecular formula is C12H20AsCl2N. The fourth-order valence-electron chi connectivity index (χ4n) is 2.26. The van der Waals surface area contributed by atoms with Crippen molar-refractivity contribution in [1.82, 2.24) is 4.90 Å². The van der Waals surface area contributed by atoms with Gasteiger partial charge in [0, 0.05) is 0 Å². The van der Waals surface area contributed by atoms with Gasteiger partial charge in [-0.15, -0.1) is 24.8 Å². The second-order valence-corrected chi connectivity index (χ2v) is 5.61. The monoisotopic (exact) mass is 323 g/mol. The number of halogens is 2. The third-order valence-electron chi connectivity index (χ3n) is 3.20.